The van der Waals surface area contributed by atoms with Crippen LogP contribution in [0.4, 0.5) is 32.0 Å². The fraction of sp³-hybridized carbons (Fsp3) is 0.278. The predicted octanol–water partition coefficient (Wildman–Crippen LogP) is 4.58. The van der Waals surface area contributed by atoms with Crippen molar-refractivity contribution in [1.82, 2.24) is 5.32 Å². The van der Waals surface area contributed by atoms with Crippen molar-refractivity contribution in [2.45, 2.75) is 24.8 Å². The Bertz CT molecular complexity index is 773. The molecule has 0 saturated carbocycles. The summed E-state index contributed by atoms with van der Waals surface area (Å²) in [5.74, 6) is 0. The maximum Gasteiger partial charge on any atom is 0.416 e. The van der Waals surface area contributed by atoms with Crippen LogP contribution in [0.15, 0.2) is 48.5 Å². The van der Waals surface area contributed by atoms with E-state index in [1.54, 1.807) is 0 Å². The van der Waals surface area contributed by atoms with Gasteiger partial charge in [0.05, 0.1) is 11.1 Å². The monoisotopic (exact) mass is 421 g/mol. The highest BCUT2D eigenvalue weighted by Gasteiger charge is 2.37. The molecule has 4 N–H and O–H groups in total. The van der Waals surface area contributed by atoms with E-state index in [1.165, 1.54) is 0 Å². The van der Waals surface area contributed by atoms with E-state index in [9.17, 15) is 26.3 Å². The van der Waals surface area contributed by atoms with Crippen molar-refractivity contribution in [3.63, 3.8) is 0 Å². The maximum absolute atomic E-state index is 12.9. The predicted molar refractivity (Wildman–Crippen MR) is 98.8 cm³/mol. The van der Waals surface area contributed by atoms with Crippen molar-refractivity contribution in [1.29, 1.82) is 0 Å². The first-order valence-corrected chi connectivity index (χ1v) is 8.51. The zero-order chi connectivity index (χ0) is 20.9. The fourth-order valence-electron chi connectivity index (χ4n) is 2.47. The first-order chi connectivity index (χ1) is 13.0. The van der Waals surface area contributed by atoms with Gasteiger partial charge in [0.1, 0.15) is 0 Å². The number of nitrogens with one attached hydrogen (secondary N) is 2. The first kappa shape index (κ1) is 22.0. The number of alkyl halides is 6. The molecule has 28 heavy (non-hydrogen) atoms. The number of rotatable bonds is 5. The van der Waals surface area contributed by atoms with Crippen LogP contribution in [0.5, 0.6) is 0 Å². The molecule has 0 aromatic heterocycles. The molecule has 0 aliphatic carbocycles. The standard InChI is InChI=1S/C18H17F6N3S/c19-17(20,21)12-7-13(18(22,23)24)9-14(8-12)26-16(28)27-15(10-25)6-11-4-2-1-3-5-11/h1-5,7-9,15H,6,10,25H2,(H2,26,27,28)/t15-/m0/s1. The summed E-state index contributed by atoms with van der Waals surface area (Å²) >= 11 is 5.03. The molecule has 0 fully saturated rings. The Kier molecular flexibility index (Phi) is 6.89. The van der Waals surface area contributed by atoms with E-state index in [1.807, 2.05) is 30.3 Å². The van der Waals surface area contributed by atoms with Crippen LogP contribution in [-0.2, 0) is 18.8 Å². The molecule has 0 saturated heterocycles. The van der Waals surface area contributed by atoms with Gasteiger partial charge in [-0.15, -0.1) is 0 Å². The maximum atomic E-state index is 12.9. The van der Waals surface area contributed by atoms with Gasteiger partial charge >= 0.3 is 12.4 Å². The molecule has 0 radical (unpaired) electrons. The fourth-order valence-corrected chi connectivity index (χ4v) is 2.76. The number of benzene rings is 2. The van der Waals surface area contributed by atoms with Crippen LogP contribution < -0.4 is 16.4 Å². The normalized spacial score (nSPS) is 13.1. The van der Waals surface area contributed by atoms with E-state index in [2.05, 4.69) is 10.6 Å². The first-order valence-electron chi connectivity index (χ1n) is 8.10. The van der Waals surface area contributed by atoms with Crippen LogP contribution in [0.25, 0.3) is 0 Å². The Morgan fingerprint density at radius 3 is 1.93 bits per heavy atom. The molecule has 1 atom stereocenters. The van der Waals surface area contributed by atoms with Crippen molar-refractivity contribution >= 4 is 23.0 Å². The molecule has 0 heterocycles. The number of nitrogens with two attached hydrogens (primary N) is 1. The molecule has 2 aromatic carbocycles. The Morgan fingerprint density at radius 2 is 1.46 bits per heavy atom. The molecule has 3 nitrogen and oxygen atoms in total. The van der Waals surface area contributed by atoms with E-state index in [0.717, 1.165) is 5.56 Å². The SMILES string of the molecule is NC[C@H](Cc1ccccc1)NC(=S)Nc1cc(C(F)(F)F)cc(C(F)(F)F)c1. The molecule has 0 spiro atoms. The van der Waals surface area contributed by atoms with Crippen LogP contribution in [0.1, 0.15) is 16.7 Å². The van der Waals surface area contributed by atoms with Gasteiger partial charge in [0, 0.05) is 18.3 Å². The Labute approximate surface area is 162 Å². The average molecular weight is 421 g/mol. The topological polar surface area (TPSA) is 50.1 Å². The lowest BCUT2D eigenvalue weighted by Gasteiger charge is -2.20. The van der Waals surface area contributed by atoms with Crippen LogP contribution in [-0.4, -0.2) is 17.7 Å². The Hall–Kier alpha value is -2.33. The molecule has 0 aliphatic heterocycles. The number of anilines is 1. The minimum absolute atomic E-state index is 0.0553. The number of thiocarbonyl (C=S) groups is 1. The van der Waals surface area contributed by atoms with Gasteiger partial charge in [0.15, 0.2) is 5.11 Å². The number of halogens is 6. The number of hydrogen-bond donors (Lipinski definition) is 3. The zero-order valence-corrected chi connectivity index (χ0v) is 15.2. The Morgan fingerprint density at radius 1 is 0.929 bits per heavy atom. The quantitative estimate of drug-likeness (QED) is 0.489. The van der Waals surface area contributed by atoms with Gasteiger partial charge in [-0.05, 0) is 42.4 Å². The van der Waals surface area contributed by atoms with Crippen molar-refractivity contribution < 1.29 is 26.3 Å². The average Bonchev–Trinajstić information content (AvgIpc) is 2.60. The van der Waals surface area contributed by atoms with Gasteiger partial charge in [0.2, 0.25) is 0 Å². The lowest BCUT2D eigenvalue weighted by molar-refractivity contribution is -0.143. The van der Waals surface area contributed by atoms with Crippen LogP contribution in [0, 0.1) is 0 Å². The summed E-state index contributed by atoms with van der Waals surface area (Å²) in [6.07, 6.45) is -9.38. The second-order valence-electron chi connectivity index (χ2n) is 6.02. The third-order valence-corrected chi connectivity index (χ3v) is 4.01. The minimum Gasteiger partial charge on any atom is -0.358 e. The second kappa shape index (κ2) is 8.78. The van der Waals surface area contributed by atoms with Crippen LogP contribution >= 0.6 is 12.2 Å². The lowest BCUT2D eigenvalue weighted by atomic mass is 10.1. The van der Waals surface area contributed by atoms with E-state index in [4.69, 9.17) is 18.0 Å². The van der Waals surface area contributed by atoms with Crippen molar-refractivity contribution in [3.8, 4) is 0 Å². The van der Waals surface area contributed by atoms with E-state index >= 15 is 0 Å². The molecule has 10 heteroatoms. The molecule has 0 bridgehead atoms. The van der Waals surface area contributed by atoms with Crippen molar-refractivity contribution in [3.05, 3.63) is 65.2 Å². The summed E-state index contributed by atoms with van der Waals surface area (Å²) in [5.41, 5.74) is 3.36. The van der Waals surface area contributed by atoms with Gasteiger partial charge in [-0.3, -0.25) is 0 Å². The van der Waals surface area contributed by atoms with Gasteiger partial charge in [-0.25, -0.2) is 0 Å². The summed E-state index contributed by atoms with van der Waals surface area (Å²) in [6.45, 7) is 0.160. The molecule has 2 rings (SSSR count). The lowest BCUT2D eigenvalue weighted by Crippen LogP contribution is -2.43. The highest BCUT2D eigenvalue weighted by atomic mass is 32.1. The van der Waals surface area contributed by atoms with Crippen LogP contribution in [0.3, 0.4) is 0 Å². The molecular formula is C18H17F6N3S. The second-order valence-corrected chi connectivity index (χ2v) is 6.42. The van der Waals surface area contributed by atoms with Gasteiger partial charge in [0.25, 0.3) is 0 Å². The summed E-state index contributed by atoms with van der Waals surface area (Å²) in [7, 11) is 0. The third-order valence-electron chi connectivity index (χ3n) is 3.79. The highest BCUT2D eigenvalue weighted by Crippen LogP contribution is 2.37. The summed E-state index contributed by atoms with van der Waals surface area (Å²) in [4.78, 5) is 0. The highest BCUT2D eigenvalue weighted by molar-refractivity contribution is 7.80. The number of hydrogen-bond acceptors (Lipinski definition) is 2. The van der Waals surface area contributed by atoms with Crippen molar-refractivity contribution in [2.75, 3.05) is 11.9 Å². The largest absolute Gasteiger partial charge is 0.416 e. The molecule has 0 aliphatic rings. The molecular weight excluding hydrogens is 404 g/mol. The molecule has 2 aromatic rings. The Balaban J connectivity index is 2.15. The van der Waals surface area contributed by atoms with Gasteiger partial charge in [-0.2, -0.15) is 26.3 Å². The smallest absolute Gasteiger partial charge is 0.358 e. The summed E-state index contributed by atoms with van der Waals surface area (Å²) in [5, 5.41) is 5.07. The zero-order valence-electron chi connectivity index (χ0n) is 14.4. The molecule has 152 valence electrons. The van der Waals surface area contributed by atoms with Gasteiger partial charge < -0.3 is 16.4 Å². The van der Waals surface area contributed by atoms with E-state index in [0.29, 0.717) is 18.6 Å². The van der Waals surface area contributed by atoms with E-state index < -0.39 is 29.2 Å². The third kappa shape index (κ3) is 6.38. The summed E-state index contributed by atoms with van der Waals surface area (Å²) < 4.78 is 77.5. The van der Waals surface area contributed by atoms with Crippen molar-refractivity contribution in [2.24, 2.45) is 5.73 Å². The van der Waals surface area contributed by atoms with Crippen LogP contribution in [0.2, 0.25) is 0 Å². The van der Waals surface area contributed by atoms with Gasteiger partial charge in [-0.1, -0.05) is 30.3 Å². The summed E-state index contributed by atoms with van der Waals surface area (Å²) in [6, 6.07) is 10.1. The van der Waals surface area contributed by atoms with E-state index in [-0.39, 0.29) is 23.8 Å². The molecule has 0 unspecified atom stereocenters. The minimum atomic E-state index is -4.93. The molecule has 0 amide bonds.